The van der Waals surface area contributed by atoms with Crippen molar-refractivity contribution < 1.29 is 14.3 Å². The number of nitrogens with one attached hydrogen (secondary N) is 1. The van der Waals surface area contributed by atoms with Crippen molar-refractivity contribution in [2.45, 2.75) is 33.1 Å². The number of carbonyl (C=O) groups excluding carboxylic acids is 2. The van der Waals surface area contributed by atoms with Gasteiger partial charge in [0, 0.05) is 31.1 Å². The molecule has 2 amide bonds. The van der Waals surface area contributed by atoms with Crippen LogP contribution in [0.4, 0.5) is 11.4 Å². The number of benzene rings is 2. The number of ether oxygens (including phenoxy) is 1. The number of anilines is 2. The molecule has 0 spiro atoms. The Morgan fingerprint density at radius 2 is 1.82 bits per heavy atom. The lowest BCUT2D eigenvalue weighted by Gasteiger charge is -2.21. The average molecular weight is 443 g/mol. The molecule has 0 aliphatic carbocycles. The number of aromatic nitrogens is 1. The van der Waals surface area contributed by atoms with Crippen LogP contribution in [0.2, 0.25) is 0 Å². The first-order chi connectivity index (χ1) is 16.0. The van der Waals surface area contributed by atoms with Gasteiger partial charge in [-0.25, -0.2) is 4.98 Å². The standard InChI is InChI=1S/C26H26N4O3/c1-19-9-11-23(17-20(19)2)33-25-13-10-21(18-28-25)29-24(31)12-14-26(32)30(16-6-15-27)22-7-4-3-5-8-22/h3-5,7-11,13,17-18H,6,12,14,16H2,1-2H3,(H,29,31). The van der Waals surface area contributed by atoms with Gasteiger partial charge in [-0.1, -0.05) is 24.3 Å². The van der Waals surface area contributed by atoms with E-state index in [1.807, 2.05) is 62.4 Å². The Morgan fingerprint density at radius 1 is 1.03 bits per heavy atom. The van der Waals surface area contributed by atoms with Crippen LogP contribution in [0.3, 0.4) is 0 Å². The minimum atomic E-state index is -0.290. The van der Waals surface area contributed by atoms with E-state index < -0.39 is 0 Å². The number of amides is 2. The summed E-state index contributed by atoms with van der Waals surface area (Å²) in [6.45, 7) is 4.34. The van der Waals surface area contributed by atoms with Crippen molar-refractivity contribution in [3.8, 4) is 17.7 Å². The lowest BCUT2D eigenvalue weighted by Crippen LogP contribution is -2.32. The third kappa shape index (κ3) is 6.91. The fourth-order valence-electron chi connectivity index (χ4n) is 3.16. The first-order valence-electron chi connectivity index (χ1n) is 10.7. The monoisotopic (exact) mass is 442 g/mol. The fraction of sp³-hybridized carbons (Fsp3) is 0.231. The molecule has 1 heterocycles. The molecule has 0 bridgehead atoms. The Labute approximate surface area is 193 Å². The first-order valence-corrected chi connectivity index (χ1v) is 10.7. The second kappa shape index (κ2) is 11.4. The number of para-hydroxylation sites is 1. The van der Waals surface area contributed by atoms with Crippen molar-refractivity contribution in [3.05, 3.63) is 78.0 Å². The summed E-state index contributed by atoms with van der Waals surface area (Å²) in [5.74, 6) is 0.617. The highest BCUT2D eigenvalue weighted by molar-refractivity contribution is 5.98. The number of hydrogen-bond donors (Lipinski definition) is 1. The van der Waals surface area contributed by atoms with Crippen molar-refractivity contribution in [1.82, 2.24) is 4.98 Å². The molecule has 0 radical (unpaired) electrons. The third-order valence-electron chi connectivity index (χ3n) is 5.10. The number of nitriles is 1. The van der Waals surface area contributed by atoms with Gasteiger partial charge >= 0.3 is 0 Å². The van der Waals surface area contributed by atoms with Crippen LogP contribution >= 0.6 is 0 Å². The van der Waals surface area contributed by atoms with Gasteiger partial charge in [-0.05, 0) is 55.3 Å². The molecule has 7 heteroatoms. The largest absolute Gasteiger partial charge is 0.439 e. The number of pyridine rings is 1. The quantitative estimate of drug-likeness (QED) is 0.494. The fourth-order valence-corrected chi connectivity index (χ4v) is 3.16. The predicted octanol–water partition coefficient (Wildman–Crippen LogP) is 5.16. The minimum Gasteiger partial charge on any atom is -0.439 e. The van der Waals surface area contributed by atoms with E-state index in [-0.39, 0.29) is 37.6 Å². The van der Waals surface area contributed by atoms with Gasteiger partial charge in [-0.2, -0.15) is 5.26 Å². The maximum atomic E-state index is 12.7. The van der Waals surface area contributed by atoms with Gasteiger partial charge in [0.2, 0.25) is 17.7 Å². The van der Waals surface area contributed by atoms with Crippen LogP contribution in [0.5, 0.6) is 11.6 Å². The van der Waals surface area contributed by atoms with Gasteiger partial charge < -0.3 is 15.0 Å². The summed E-state index contributed by atoms with van der Waals surface area (Å²) in [5.41, 5.74) is 3.54. The molecule has 1 N–H and O–H groups in total. The summed E-state index contributed by atoms with van der Waals surface area (Å²) in [7, 11) is 0. The smallest absolute Gasteiger partial charge is 0.227 e. The average Bonchev–Trinajstić information content (AvgIpc) is 2.82. The zero-order valence-corrected chi connectivity index (χ0v) is 18.7. The van der Waals surface area contributed by atoms with Gasteiger partial charge in [0.1, 0.15) is 5.75 Å². The van der Waals surface area contributed by atoms with Gasteiger partial charge in [-0.15, -0.1) is 0 Å². The van der Waals surface area contributed by atoms with Crippen molar-refractivity contribution in [2.75, 3.05) is 16.8 Å². The molecule has 3 aromatic rings. The molecule has 0 unspecified atom stereocenters. The molecular weight excluding hydrogens is 416 g/mol. The molecule has 33 heavy (non-hydrogen) atoms. The molecule has 3 rings (SSSR count). The van der Waals surface area contributed by atoms with Crippen LogP contribution in [0.15, 0.2) is 66.9 Å². The van der Waals surface area contributed by atoms with Crippen LogP contribution in [-0.4, -0.2) is 23.3 Å². The Bertz CT molecular complexity index is 1140. The topological polar surface area (TPSA) is 95.3 Å². The van der Waals surface area contributed by atoms with Crippen molar-refractivity contribution in [3.63, 3.8) is 0 Å². The Balaban J connectivity index is 1.53. The molecule has 0 atom stereocenters. The number of nitrogens with zero attached hydrogens (tertiary/aromatic N) is 3. The summed E-state index contributed by atoms with van der Waals surface area (Å²) in [6.07, 6.45) is 1.79. The molecule has 7 nitrogen and oxygen atoms in total. The number of aryl methyl sites for hydroxylation is 2. The van der Waals surface area contributed by atoms with E-state index in [9.17, 15) is 9.59 Å². The SMILES string of the molecule is Cc1ccc(Oc2ccc(NC(=O)CCC(=O)N(CCC#N)c3ccccc3)cn2)cc1C. The van der Waals surface area contributed by atoms with E-state index in [4.69, 9.17) is 10.00 Å². The molecule has 0 fully saturated rings. The molecule has 168 valence electrons. The molecule has 2 aromatic carbocycles. The van der Waals surface area contributed by atoms with Gasteiger partial charge in [-0.3, -0.25) is 9.59 Å². The highest BCUT2D eigenvalue weighted by atomic mass is 16.5. The summed E-state index contributed by atoms with van der Waals surface area (Å²) in [4.78, 5) is 30.8. The Morgan fingerprint density at radius 3 is 2.48 bits per heavy atom. The van der Waals surface area contributed by atoms with E-state index >= 15 is 0 Å². The summed E-state index contributed by atoms with van der Waals surface area (Å²) in [5, 5.41) is 11.6. The maximum Gasteiger partial charge on any atom is 0.227 e. The van der Waals surface area contributed by atoms with E-state index in [2.05, 4.69) is 16.4 Å². The second-order valence-corrected chi connectivity index (χ2v) is 7.57. The van der Waals surface area contributed by atoms with Crippen LogP contribution in [0.1, 0.15) is 30.4 Å². The lowest BCUT2D eigenvalue weighted by atomic mass is 10.1. The Kier molecular flexibility index (Phi) is 8.14. The van der Waals surface area contributed by atoms with Crippen LogP contribution in [0.25, 0.3) is 0 Å². The zero-order chi connectivity index (χ0) is 23.6. The lowest BCUT2D eigenvalue weighted by molar-refractivity contribution is -0.122. The van der Waals surface area contributed by atoms with E-state index in [1.165, 1.54) is 16.7 Å². The first kappa shape index (κ1) is 23.5. The van der Waals surface area contributed by atoms with Crippen LogP contribution in [0, 0.1) is 25.2 Å². The third-order valence-corrected chi connectivity index (χ3v) is 5.10. The summed E-state index contributed by atoms with van der Waals surface area (Å²) < 4.78 is 5.76. The molecular formula is C26H26N4O3. The Hall–Kier alpha value is -4.18. The van der Waals surface area contributed by atoms with Gasteiger partial charge in [0.05, 0.1) is 24.4 Å². The number of hydrogen-bond acceptors (Lipinski definition) is 5. The van der Waals surface area contributed by atoms with Crippen molar-refractivity contribution in [2.24, 2.45) is 0 Å². The van der Waals surface area contributed by atoms with E-state index in [1.54, 1.807) is 12.1 Å². The maximum absolute atomic E-state index is 12.7. The van der Waals surface area contributed by atoms with E-state index in [0.29, 0.717) is 23.0 Å². The van der Waals surface area contributed by atoms with Crippen molar-refractivity contribution in [1.29, 1.82) is 5.26 Å². The normalized spacial score (nSPS) is 10.2. The van der Waals surface area contributed by atoms with Gasteiger partial charge in [0.25, 0.3) is 0 Å². The number of carbonyl (C=O) groups is 2. The minimum absolute atomic E-state index is 0.0234. The summed E-state index contributed by atoms with van der Waals surface area (Å²) >= 11 is 0. The highest BCUT2D eigenvalue weighted by Gasteiger charge is 2.17. The molecule has 0 saturated carbocycles. The number of rotatable bonds is 9. The molecule has 0 aliphatic heterocycles. The molecule has 1 aromatic heterocycles. The van der Waals surface area contributed by atoms with Crippen LogP contribution in [-0.2, 0) is 9.59 Å². The predicted molar refractivity (Wildman–Crippen MR) is 127 cm³/mol. The second-order valence-electron chi connectivity index (χ2n) is 7.57. The van der Waals surface area contributed by atoms with Gasteiger partial charge in [0.15, 0.2) is 0 Å². The van der Waals surface area contributed by atoms with Crippen molar-refractivity contribution >= 4 is 23.2 Å². The molecule has 0 saturated heterocycles. The van der Waals surface area contributed by atoms with E-state index in [0.717, 1.165) is 5.56 Å². The zero-order valence-electron chi connectivity index (χ0n) is 18.7. The van der Waals surface area contributed by atoms with Crippen LogP contribution < -0.4 is 15.0 Å². The molecule has 0 aliphatic rings. The summed E-state index contributed by atoms with van der Waals surface area (Å²) in [6, 6.07) is 20.4. The highest BCUT2D eigenvalue weighted by Crippen LogP contribution is 2.23.